The van der Waals surface area contributed by atoms with Crippen molar-refractivity contribution >= 4 is 51.7 Å². The van der Waals surface area contributed by atoms with Gasteiger partial charge in [0.1, 0.15) is 5.92 Å². The molecule has 0 saturated heterocycles. The highest BCUT2D eigenvalue weighted by molar-refractivity contribution is 7.98. The number of hydrogen-bond donors (Lipinski definition) is 1. The Morgan fingerprint density at radius 3 is 2.56 bits per heavy atom. The van der Waals surface area contributed by atoms with Gasteiger partial charge in [-0.05, 0) is 42.2 Å². The van der Waals surface area contributed by atoms with Gasteiger partial charge in [-0.3, -0.25) is 19.6 Å². The zero-order valence-electron chi connectivity index (χ0n) is 18.5. The van der Waals surface area contributed by atoms with E-state index in [1.807, 2.05) is 54.8 Å². The monoisotopic (exact) mass is 468 g/mol. The van der Waals surface area contributed by atoms with Crippen LogP contribution in [0.3, 0.4) is 0 Å². The summed E-state index contributed by atoms with van der Waals surface area (Å²) in [5, 5.41) is 16.6. The fourth-order valence-electron chi connectivity index (χ4n) is 3.78. The molecule has 1 amide bonds. The highest BCUT2D eigenvalue weighted by Crippen LogP contribution is 2.29. The Kier molecular flexibility index (Phi) is 5.77. The fraction of sp³-hybridized carbons (Fsp3) is 0.120. The van der Waals surface area contributed by atoms with Gasteiger partial charge in [0, 0.05) is 11.8 Å². The zero-order valence-corrected chi connectivity index (χ0v) is 19.3. The van der Waals surface area contributed by atoms with Gasteiger partial charge in [0.25, 0.3) is 11.5 Å². The van der Waals surface area contributed by atoms with E-state index in [9.17, 15) is 9.59 Å². The Morgan fingerprint density at radius 1 is 1.00 bits per heavy atom. The number of nitrogens with one attached hydrogen (secondary N) is 1. The molecule has 34 heavy (non-hydrogen) atoms. The minimum Gasteiger partial charge on any atom is -0.298 e. The average molecular weight is 469 g/mol. The van der Waals surface area contributed by atoms with Crippen LogP contribution in [-0.2, 0) is 4.79 Å². The molecular formula is C25H20N6O2S. The highest BCUT2D eigenvalue weighted by Gasteiger charge is 2.33. The van der Waals surface area contributed by atoms with Crippen LogP contribution in [0.25, 0.3) is 22.0 Å². The van der Waals surface area contributed by atoms with Crippen LogP contribution < -0.4 is 10.6 Å². The van der Waals surface area contributed by atoms with Gasteiger partial charge >= 0.3 is 0 Å². The van der Waals surface area contributed by atoms with E-state index in [1.54, 1.807) is 31.3 Å². The predicted molar refractivity (Wildman–Crippen MR) is 136 cm³/mol. The number of amides is 1. The Hall–Kier alpha value is -4.11. The van der Waals surface area contributed by atoms with Gasteiger partial charge in [0.2, 0.25) is 0 Å². The molecule has 8 nitrogen and oxygen atoms in total. The lowest BCUT2D eigenvalue weighted by Gasteiger charge is -2.13. The molecule has 1 unspecified atom stereocenters. The molecule has 1 aromatic heterocycles. The lowest BCUT2D eigenvalue weighted by molar-refractivity contribution is -0.118. The van der Waals surface area contributed by atoms with Crippen molar-refractivity contribution in [2.24, 2.45) is 16.0 Å². The Morgan fingerprint density at radius 2 is 1.76 bits per heavy atom. The zero-order chi connectivity index (χ0) is 23.7. The summed E-state index contributed by atoms with van der Waals surface area (Å²) in [5.41, 5.74) is 2.22. The van der Waals surface area contributed by atoms with E-state index in [0.29, 0.717) is 27.8 Å². The molecule has 5 rings (SSSR count). The first-order valence-corrected chi connectivity index (χ1v) is 11.8. The number of aromatic amines is 1. The smallest absolute Gasteiger partial charge is 0.278 e. The minimum absolute atomic E-state index is 0.173. The van der Waals surface area contributed by atoms with E-state index in [1.165, 1.54) is 16.8 Å². The number of thioether (sulfide) groups is 1. The molecule has 0 bridgehead atoms. The van der Waals surface area contributed by atoms with Crippen LogP contribution in [0.5, 0.6) is 0 Å². The molecular weight excluding hydrogens is 448 g/mol. The van der Waals surface area contributed by atoms with Gasteiger partial charge < -0.3 is 0 Å². The normalized spacial score (nSPS) is 15.9. The third-order valence-corrected chi connectivity index (χ3v) is 6.12. The summed E-state index contributed by atoms with van der Waals surface area (Å²) in [6, 6.07) is 20.9. The summed E-state index contributed by atoms with van der Waals surface area (Å²) in [4.78, 5) is 32.9. The number of hydrazone groups is 1. The van der Waals surface area contributed by atoms with Crippen LogP contribution in [0, 0.1) is 5.92 Å². The van der Waals surface area contributed by atoms with E-state index in [0.717, 1.165) is 10.8 Å². The van der Waals surface area contributed by atoms with E-state index in [4.69, 9.17) is 0 Å². The van der Waals surface area contributed by atoms with Crippen LogP contribution in [0.2, 0.25) is 0 Å². The number of H-pyrrole nitrogens is 1. The number of anilines is 1. The first-order valence-electron chi connectivity index (χ1n) is 10.6. The van der Waals surface area contributed by atoms with Crippen molar-refractivity contribution < 1.29 is 4.79 Å². The number of carbonyl (C=O) groups excluding carboxylic acids is 1. The second kappa shape index (κ2) is 9.03. The third kappa shape index (κ3) is 4.01. The summed E-state index contributed by atoms with van der Waals surface area (Å²) in [7, 11) is 0. The Bertz CT molecular complexity index is 1530. The van der Waals surface area contributed by atoms with Crippen molar-refractivity contribution in [1.29, 1.82) is 0 Å². The Balaban J connectivity index is 1.44. The van der Waals surface area contributed by atoms with Crippen molar-refractivity contribution in [1.82, 2.24) is 15.2 Å². The molecule has 0 fully saturated rings. The number of fused-ring (bicyclic) bond motifs is 1. The topological polar surface area (TPSA) is 104 Å². The number of benzene rings is 3. The molecule has 0 aliphatic carbocycles. The lowest BCUT2D eigenvalue weighted by Crippen LogP contribution is -2.27. The maximum Gasteiger partial charge on any atom is 0.278 e. The van der Waals surface area contributed by atoms with Crippen LogP contribution in [-0.4, -0.2) is 39.3 Å². The summed E-state index contributed by atoms with van der Waals surface area (Å²) >= 11 is 1.30. The van der Waals surface area contributed by atoms with Gasteiger partial charge in [-0.25, -0.2) is 0 Å². The van der Waals surface area contributed by atoms with E-state index in [2.05, 4.69) is 25.3 Å². The number of aliphatic imine (C=N–C) groups is 1. The first-order chi connectivity index (χ1) is 16.5. The molecule has 1 N–H and O–H groups in total. The largest absolute Gasteiger partial charge is 0.298 e. The molecule has 0 radical (unpaired) electrons. The van der Waals surface area contributed by atoms with Crippen molar-refractivity contribution in [2.45, 2.75) is 12.1 Å². The van der Waals surface area contributed by atoms with Crippen molar-refractivity contribution in [2.75, 3.05) is 11.3 Å². The standard InChI is InChI=1S/C25H20N6O2S/c1-15-20(24(33)31(30-15)18-12-11-16-7-3-4-8-17(16)13-18)14-26-21-10-6-5-9-19(21)22-23(32)27-25(34-2)29-28-22/h3-14,20H,1-2H3,(H,27,29,32). The van der Waals surface area contributed by atoms with Crippen molar-refractivity contribution in [3.8, 4) is 11.3 Å². The van der Waals surface area contributed by atoms with Crippen LogP contribution in [0.15, 0.2) is 86.8 Å². The second-order valence-electron chi connectivity index (χ2n) is 7.71. The predicted octanol–water partition coefficient (Wildman–Crippen LogP) is 4.45. The fourth-order valence-corrected chi connectivity index (χ4v) is 4.09. The minimum atomic E-state index is -0.609. The van der Waals surface area contributed by atoms with E-state index >= 15 is 0 Å². The Labute approximate surface area is 199 Å². The highest BCUT2D eigenvalue weighted by atomic mass is 32.2. The SMILES string of the molecule is CSc1nnc(-c2ccccc2N=CC2C(=O)N(c3ccc4ccccc4c3)N=C2C)c(=O)[nH]1. The van der Waals surface area contributed by atoms with Gasteiger partial charge in [-0.1, -0.05) is 60.3 Å². The average Bonchev–Trinajstić information content (AvgIpc) is 3.15. The molecule has 0 saturated carbocycles. The van der Waals surface area contributed by atoms with Gasteiger partial charge in [-0.2, -0.15) is 10.1 Å². The second-order valence-corrected chi connectivity index (χ2v) is 8.50. The third-order valence-electron chi connectivity index (χ3n) is 5.55. The number of hydrogen-bond acceptors (Lipinski definition) is 7. The van der Waals surface area contributed by atoms with Crippen molar-refractivity contribution in [3.63, 3.8) is 0 Å². The first kappa shape index (κ1) is 21.7. The number of nitrogens with zero attached hydrogens (tertiary/aromatic N) is 5. The molecule has 168 valence electrons. The van der Waals surface area contributed by atoms with E-state index in [-0.39, 0.29) is 17.2 Å². The van der Waals surface area contributed by atoms with Crippen molar-refractivity contribution in [3.05, 3.63) is 77.1 Å². The van der Waals surface area contributed by atoms with E-state index < -0.39 is 5.92 Å². The van der Waals surface area contributed by atoms with Crippen LogP contribution in [0.4, 0.5) is 11.4 Å². The molecule has 0 spiro atoms. The number of para-hydroxylation sites is 1. The van der Waals surface area contributed by atoms with Gasteiger partial charge in [0.15, 0.2) is 10.9 Å². The van der Waals surface area contributed by atoms with Crippen LogP contribution in [0.1, 0.15) is 6.92 Å². The number of rotatable bonds is 5. The summed E-state index contributed by atoms with van der Waals surface area (Å²) in [6.45, 7) is 1.80. The summed E-state index contributed by atoms with van der Waals surface area (Å²) in [6.07, 6.45) is 3.38. The van der Waals surface area contributed by atoms with Gasteiger partial charge in [-0.15, -0.1) is 10.2 Å². The quantitative estimate of drug-likeness (QED) is 0.344. The molecule has 3 aromatic carbocycles. The molecule has 4 aromatic rings. The molecule has 9 heteroatoms. The maximum atomic E-state index is 13.2. The maximum absolute atomic E-state index is 13.2. The number of aromatic nitrogens is 3. The molecule has 1 atom stereocenters. The summed E-state index contributed by atoms with van der Waals surface area (Å²) < 4.78 is 0. The van der Waals surface area contributed by atoms with Crippen LogP contribution >= 0.6 is 11.8 Å². The molecule has 2 heterocycles. The summed E-state index contributed by atoms with van der Waals surface area (Å²) in [5.74, 6) is -0.793. The molecule has 1 aliphatic rings. The number of carbonyl (C=O) groups is 1. The molecule has 1 aliphatic heterocycles. The van der Waals surface area contributed by atoms with Gasteiger partial charge in [0.05, 0.1) is 17.1 Å². The lowest BCUT2D eigenvalue weighted by atomic mass is 10.1.